The predicted molar refractivity (Wildman–Crippen MR) is 90.5 cm³/mol. The predicted octanol–water partition coefficient (Wildman–Crippen LogP) is 4.84. The minimum atomic E-state index is 0.0840. The van der Waals surface area contributed by atoms with Crippen molar-refractivity contribution in [1.82, 2.24) is 10.7 Å². The van der Waals surface area contributed by atoms with E-state index in [0.29, 0.717) is 5.41 Å². The maximum atomic E-state index is 8.29. The summed E-state index contributed by atoms with van der Waals surface area (Å²) in [6.07, 6.45) is 7.16. The molecule has 0 aliphatic heterocycles. The summed E-state index contributed by atoms with van der Waals surface area (Å²) in [5.41, 5.74) is 12.5. The van der Waals surface area contributed by atoms with Crippen LogP contribution in [0.15, 0.2) is 30.2 Å². The molecule has 0 bridgehead atoms. The Morgan fingerprint density at radius 3 is 2.52 bits per heavy atom. The third-order valence-electron chi connectivity index (χ3n) is 4.34. The molecule has 0 aromatic carbocycles. The number of rotatable bonds is 12. The standard InChI is InChI=1S/C16H31N5/c1-7-15(12-14(5)19-21-20-17)18-13(4)10-11-16(6,8-2)9-3/h7,14-15,18-19H,1,4,8-12H2,2-3,5-6H3. The molecule has 0 heterocycles. The topological polar surface area (TPSA) is 72.8 Å². The van der Waals surface area contributed by atoms with Crippen molar-refractivity contribution < 1.29 is 0 Å². The molecule has 5 nitrogen and oxygen atoms in total. The van der Waals surface area contributed by atoms with E-state index in [1.807, 2.05) is 13.0 Å². The average molecular weight is 293 g/mol. The van der Waals surface area contributed by atoms with Gasteiger partial charge in [-0.25, -0.2) is 0 Å². The lowest BCUT2D eigenvalue weighted by Gasteiger charge is -2.28. The normalized spacial score (nSPS) is 13.7. The molecule has 0 radical (unpaired) electrons. The van der Waals surface area contributed by atoms with E-state index >= 15 is 0 Å². The molecule has 21 heavy (non-hydrogen) atoms. The first-order valence-corrected chi connectivity index (χ1v) is 7.77. The highest BCUT2D eigenvalue weighted by Gasteiger charge is 2.20. The zero-order valence-electron chi connectivity index (χ0n) is 14.0. The molecule has 2 unspecified atom stereocenters. The molecule has 0 saturated heterocycles. The van der Waals surface area contributed by atoms with Crippen molar-refractivity contribution in [1.29, 1.82) is 0 Å². The number of allylic oxidation sites excluding steroid dienone is 1. The first kappa shape index (κ1) is 19.4. The van der Waals surface area contributed by atoms with E-state index in [4.69, 9.17) is 5.53 Å². The SMILES string of the molecule is C=CC(CC(C)NN=[N+]=[N-])NC(=C)CCC(C)(CC)CC. The monoisotopic (exact) mass is 293 g/mol. The van der Waals surface area contributed by atoms with Gasteiger partial charge in [-0.2, -0.15) is 4.91 Å². The smallest absolute Gasteiger partial charge is 0.0960 e. The number of nitrogens with zero attached hydrogens (tertiary/aromatic N) is 3. The van der Waals surface area contributed by atoms with Crippen LogP contribution in [0.25, 0.3) is 10.4 Å². The van der Waals surface area contributed by atoms with E-state index in [1.165, 1.54) is 12.8 Å². The molecule has 0 rings (SSSR count). The third kappa shape index (κ3) is 8.30. The second-order valence-electron chi connectivity index (χ2n) is 6.06. The Labute approximate surface area is 129 Å². The van der Waals surface area contributed by atoms with E-state index in [0.717, 1.165) is 25.0 Å². The highest BCUT2D eigenvalue weighted by atomic mass is 15.4. The van der Waals surface area contributed by atoms with E-state index in [1.54, 1.807) is 0 Å². The second-order valence-corrected chi connectivity index (χ2v) is 6.06. The number of hydrogen-bond acceptors (Lipinski definition) is 2. The summed E-state index contributed by atoms with van der Waals surface area (Å²) in [5, 5.41) is 6.78. The Morgan fingerprint density at radius 2 is 2.05 bits per heavy atom. The van der Waals surface area contributed by atoms with Crippen molar-refractivity contribution in [3.8, 4) is 0 Å². The first-order chi connectivity index (χ1) is 9.90. The Bertz CT molecular complexity index is 367. The summed E-state index contributed by atoms with van der Waals surface area (Å²) in [6.45, 7) is 16.8. The fourth-order valence-electron chi connectivity index (χ4n) is 2.16. The van der Waals surface area contributed by atoms with Crippen LogP contribution in [0.4, 0.5) is 0 Å². The van der Waals surface area contributed by atoms with Gasteiger partial charge in [-0.05, 0) is 30.4 Å². The molecule has 0 aromatic heterocycles. The van der Waals surface area contributed by atoms with Gasteiger partial charge in [-0.3, -0.25) is 5.43 Å². The van der Waals surface area contributed by atoms with Gasteiger partial charge < -0.3 is 5.32 Å². The molecular weight excluding hydrogens is 262 g/mol. The zero-order chi connectivity index (χ0) is 16.3. The molecule has 0 spiro atoms. The number of azide groups is 1. The van der Waals surface area contributed by atoms with Crippen LogP contribution in [0.3, 0.4) is 0 Å². The fraction of sp³-hybridized carbons (Fsp3) is 0.750. The molecule has 0 aliphatic rings. The molecule has 0 aliphatic carbocycles. The molecule has 120 valence electrons. The molecule has 5 heteroatoms. The van der Waals surface area contributed by atoms with Gasteiger partial charge in [0.2, 0.25) is 0 Å². The summed E-state index contributed by atoms with van der Waals surface area (Å²) >= 11 is 0. The molecule has 0 aromatic rings. The van der Waals surface area contributed by atoms with Crippen molar-refractivity contribution in [3.63, 3.8) is 0 Å². The van der Waals surface area contributed by atoms with Crippen LogP contribution in [0.5, 0.6) is 0 Å². The second kappa shape index (κ2) is 10.2. The van der Waals surface area contributed by atoms with Crippen molar-refractivity contribution in [3.05, 3.63) is 35.4 Å². The van der Waals surface area contributed by atoms with Crippen molar-refractivity contribution in [2.24, 2.45) is 10.6 Å². The lowest BCUT2D eigenvalue weighted by molar-refractivity contribution is 0.270. The molecule has 2 N–H and O–H groups in total. The van der Waals surface area contributed by atoms with Crippen molar-refractivity contribution in [2.75, 3.05) is 0 Å². The van der Waals surface area contributed by atoms with Gasteiger partial charge in [-0.15, -0.1) is 12.1 Å². The lowest BCUT2D eigenvalue weighted by atomic mass is 9.80. The summed E-state index contributed by atoms with van der Waals surface area (Å²) in [6, 6.07) is 0.212. The van der Waals surface area contributed by atoms with Gasteiger partial charge in [-0.1, -0.05) is 46.3 Å². The van der Waals surface area contributed by atoms with Crippen LogP contribution in [0.2, 0.25) is 0 Å². The van der Waals surface area contributed by atoms with E-state index in [-0.39, 0.29) is 12.1 Å². The summed E-state index contributed by atoms with van der Waals surface area (Å²) in [7, 11) is 0. The maximum Gasteiger partial charge on any atom is 0.0960 e. The van der Waals surface area contributed by atoms with Gasteiger partial charge in [0.05, 0.1) is 6.04 Å². The highest BCUT2D eigenvalue weighted by Crippen LogP contribution is 2.31. The van der Waals surface area contributed by atoms with Gasteiger partial charge in [0.25, 0.3) is 0 Å². The van der Waals surface area contributed by atoms with Crippen LogP contribution in [0.1, 0.15) is 59.8 Å². The third-order valence-corrected chi connectivity index (χ3v) is 4.34. The summed E-state index contributed by atoms with van der Waals surface area (Å²) < 4.78 is 0. The minimum Gasteiger partial charge on any atom is -0.382 e. The maximum absolute atomic E-state index is 8.29. The first-order valence-electron chi connectivity index (χ1n) is 7.77. The molecule has 0 amide bonds. The van der Waals surface area contributed by atoms with Crippen molar-refractivity contribution in [2.45, 2.75) is 71.9 Å². The van der Waals surface area contributed by atoms with Crippen LogP contribution < -0.4 is 10.7 Å². The van der Waals surface area contributed by atoms with Gasteiger partial charge in [0, 0.05) is 18.2 Å². The average Bonchev–Trinajstić information content (AvgIpc) is 2.49. The largest absolute Gasteiger partial charge is 0.382 e. The minimum absolute atomic E-state index is 0.0840. The Balaban J connectivity index is 4.26. The molecule has 0 fully saturated rings. The molecule has 2 atom stereocenters. The van der Waals surface area contributed by atoms with E-state index in [2.05, 4.69) is 54.8 Å². The number of hydrogen-bond donors (Lipinski definition) is 2. The van der Waals surface area contributed by atoms with Crippen LogP contribution >= 0.6 is 0 Å². The van der Waals surface area contributed by atoms with Gasteiger partial charge >= 0.3 is 0 Å². The molecule has 0 saturated carbocycles. The Hall–Kier alpha value is -1.61. The Morgan fingerprint density at radius 1 is 1.43 bits per heavy atom. The van der Waals surface area contributed by atoms with E-state index < -0.39 is 0 Å². The molecular formula is C16H31N5. The van der Waals surface area contributed by atoms with Crippen LogP contribution in [-0.4, -0.2) is 12.1 Å². The quantitative estimate of drug-likeness (QED) is 0.177. The lowest BCUT2D eigenvalue weighted by Crippen LogP contribution is -2.33. The van der Waals surface area contributed by atoms with Crippen LogP contribution in [-0.2, 0) is 0 Å². The van der Waals surface area contributed by atoms with Gasteiger partial charge in [0.1, 0.15) is 0 Å². The van der Waals surface area contributed by atoms with Gasteiger partial charge in [0.15, 0.2) is 0 Å². The Kier molecular flexibility index (Phi) is 9.39. The summed E-state index contributed by atoms with van der Waals surface area (Å²) in [4.78, 5) is 2.70. The highest BCUT2D eigenvalue weighted by molar-refractivity contribution is 5.00. The number of nitrogens with one attached hydrogen (secondary N) is 2. The van der Waals surface area contributed by atoms with Crippen LogP contribution in [0, 0.1) is 5.41 Å². The van der Waals surface area contributed by atoms with Crippen molar-refractivity contribution >= 4 is 0 Å². The fourth-order valence-corrected chi connectivity index (χ4v) is 2.16. The zero-order valence-corrected chi connectivity index (χ0v) is 14.0. The van der Waals surface area contributed by atoms with E-state index in [9.17, 15) is 0 Å². The summed E-state index contributed by atoms with van der Waals surface area (Å²) in [5.74, 6) is 0.